The molecule has 2 N–H and O–H groups in total. The van der Waals surface area contributed by atoms with Gasteiger partial charge in [-0.15, -0.1) is 0 Å². The molecule has 1 amide bonds. The summed E-state index contributed by atoms with van der Waals surface area (Å²) in [7, 11) is 1.43. The summed E-state index contributed by atoms with van der Waals surface area (Å²) in [6.45, 7) is 0. The average Bonchev–Trinajstić information content (AvgIpc) is 1.65. The molecule has 0 atom stereocenters. The summed E-state index contributed by atoms with van der Waals surface area (Å²) < 4.78 is -0.336. The summed E-state index contributed by atoms with van der Waals surface area (Å²) in [4.78, 5) is 19.0. The highest BCUT2D eigenvalue weighted by molar-refractivity contribution is 6.95. The Bertz CT molecular complexity index is 113. The third kappa shape index (κ3) is 3.66. The zero-order valence-electron chi connectivity index (χ0n) is 4.47. The van der Waals surface area contributed by atoms with Crippen molar-refractivity contribution >= 4 is 24.8 Å². The van der Waals surface area contributed by atoms with Crippen LogP contribution < -0.4 is 5.32 Å². The lowest BCUT2D eigenvalue weighted by molar-refractivity contribution is 0.219. The fourth-order valence-electron chi connectivity index (χ4n) is 0.226. The summed E-state index contributed by atoms with van der Waals surface area (Å²) in [6.07, 6.45) is 0. The van der Waals surface area contributed by atoms with Gasteiger partial charge >= 0.3 is 15.2 Å². The molecule has 0 aromatic rings. The van der Waals surface area contributed by atoms with Crippen molar-refractivity contribution in [3.63, 3.8) is 0 Å². The Kier molecular flexibility index (Phi) is 3.24. The van der Waals surface area contributed by atoms with Gasteiger partial charge in [0.1, 0.15) is 4.77 Å². The Labute approximate surface area is 52.6 Å². The maximum atomic E-state index is 10.2. The van der Waals surface area contributed by atoms with E-state index in [4.69, 9.17) is 5.11 Å². The van der Waals surface area contributed by atoms with Crippen LogP contribution in [0.4, 0.5) is 9.59 Å². The predicted octanol–water partition coefficient (Wildman–Crippen LogP) is -0.560. The van der Waals surface area contributed by atoms with Crippen LogP contribution in [-0.2, 0) is 0 Å². The molecule has 0 aliphatic carbocycles. The van der Waals surface area contributed by atoms with Crippen molar-refractivity contribution in [1.29, 1.82) is 0 Å². The normalized spacial score (nSPS) is 7.62. The maximum absolute atomic E-state index is 10.2. The molecular weight excluding hydrogens is 125 g/mol. The van der Waals surface area contributed by atoms with Crippen LogP contribution in [-0.4, -0.2) is 37.0 Å². The molecule has 0 bridgehead atoms. The third-order valence-corrected chi connectivity index (χ3v) is 1.57. The largest absolute Gasteiger partial charge is 0.540 e. The number of amides is 1. The van der Waals surface area contributed by atoms with Gasteiger partial charge in [-0.25, -0.2) is 0 Å². The molecule has 0 radical (unpaired) electrons. The fourth-order valence-corrected chi connectivity index (χ4v) is 0.677. The lowest BCUT2D eigenvalue weighted by Crippen LogP contribution is -2.27. The van der Waals surface area contributed by atoms with Crippen LogP contribution in [0.3, 0.4) is 0 Å². The lowest BCUT2D eigenvalue weighted by atomic mass is 11.2. The van der Waals surface area contributed by atoms with E-state index in [-0.39, 0.29) is 4.77 Å². The topological polar surface area (TPSA) is 66.4 Å². The van der Waals surface area contributed by atoms with Crippen molar-refractivity contribution in [2.45, 2.75) is 0 Å². The fraction of sp³-hybridized carbons (Fsp3) is 0.333. The minimum atomic E-state index is -1.56. The number of hydrogen-bond donors (Lipinski definition) is 2. The van der Waals surface area contributed by atoms with Crippen LogP contribution in [0.5, 0.6) is 0 Å². The van der Waals surface area contributed by atoms with Gasteiger partial charge in [-0.1, -0.05) is 0 Å². The highest BCUT2D eigenvalue weighted by Gasteiger charge is 2.11. The highest BCUT2D eigenvalue weighted by atomic mass is 27.1. The summed E-state index contributed by atoms with van der Waals surface area (Å²) >= 11 is -1.56. The van der Waals surface area contributed by atoms with E-state index in [2.05, 4.69) is 5.32 Å². The molecule has 0 heterocycles. The summed E-state index contributed by atoms with van der Waals surface area (Å²) in [5.74, 6) is 0. The van der Waals surface area contributed by atoms with Crippen molar-refractivity contribution in [2.75, 3.05) is 7.05 Å². The minimum Gasteiger partial charge on any atom is -0.496 e. The van der Waals surface area contributed by atoms with Gasteiger partial charge in [0.2, 0.25) is 4.83 Å². The van der Waals surface area contributed by atoms with Gasteiger partial charge in [-0.2, -0.15) is 0 Å². The quantitative estimate of drug-likeness (QED) is 0.493. The third-order valence-electron chi connectivity index (χ3n) is 0.591. The van der Waals surface area contributed by atoms with E-state index >= 15 is 0 Å². The molecule has 0 saturated carbocycles. The van der Waals surface area contributed by atoms with Gasteiger partial charge in [0.25, 0.3) is 0 Å². The van der Waals surface area contributed by atoms with Crippen LogP contribution in [0.25, 0.3) is 0 Å². The van der Waals surface area contributed by atoms with Gasteiger partial charge in [0, 0.05) is 7.05 Å². The van der Waals surface area contributed by atoms with Crippen molar-refractivity contribution in [3.05, 3.63) is 0 Å². The molecule has 0 rings (SSSR count). The first-order valence-corrected chi connectivity index (χ1v) is 3.50. The smallest absolute Gasteiger partial charge is 0.496 e. The molecule has 44 valence electrons. The predicted molar refractivity (Wildman–Crippen MR) is 29.6 cm³/mol. The maximum Gasteiger partial charge on any atom is 0.540 e. The minimum absolute atomic E-state index is 0.336. The molecule has 0 saturated heterocycles. The van der Waals surface area contributed by atoms with Gasteiger partial charge in [-0.05, 0) is 0 Å². The molecular formula is C3H6AlNO3. The second-order valence-electron chi connectivity index (χ2n) is 1.24. The number of rotatable bonds is 2. The molecule has 0 unspecified atom stereocenters. The molecule has 0 fully saturated rings. The monoisotopic (exact) mass is 131 g/mol. The van der Waals surface area contributed by atoms with Crippen LogP contribution in [0.15, 0.2) is 0 Å². The van der Waals surface area contributed by atoms with Crippen molar-refractivity contribution in [3.8, 4) is 0 Å². The Morgan fingerprint density at radius 2 is 2.12 bits per heavy atom. The zero-order chi connectivity index (χ0) is 6.57. The summed E-state index contributed by atoms with van der Waals surface area (Å²) in [5, 5.41) is 10.3. The van der Waals surface area contributed by atoms with Crippen LogP contribution in [0, 0.1) is 0 Å². The molecule has 0 aromatic carbocycles. The van der Waals surface area contributed by atoms with Crippen LogP contribution >= 0.6 is 0 Å². The molecule has 0 aliphatic heterocycles. The Hall–Kier alpha value is -0.528. The lowest BCUT2D eigenvalue weighted by Gasteiger charge is -1.88. The van der Waals surface area contributed by atoms with E-state index in [0.717, 1.165) is 0 Å². The molecule has 4 nitrogen and oxygen atoms in total. The van der Waals surface area contributed by atoms with E-state index < -0.39 is 20.1 Å². The number of carbonyl (C=O) groups is 2. The second kappa shape index (κ2) is 3.47. The Morgan fingerprint density at radius 3 is 2.25 bits per heavy atom. The van der Waals surface area contributed by atoms with Gasteiger partial charge in [-0.3, -0.25) is 9.59 Å². The van der Waals surface area contributed by atoms with E-state index in [1.165, 1.54) is 7.05 Å². The second-order valence-corrected chi connectivity index (χ2v) is 2.84. The molecule has 0 aliphatic rings. The van der Waals surface area contributed by atoms with Gasteiger partial charge in [0.05, 0.1) is 0 Å². The SMILES string of the molecule is CN[C](=O)[AlH][C](=O)O. The molecule has 8 heavy (non-hydrogen) atoms. The van der Waals surface area contributed by atoms with Crippen LogP contribution in [0.2, 0.25) is 0 Å². The van der Waals surface area contributed by atoms with E-state index in [1.807, 2.05) is 0 Å². The first-order valence-electron chi connectivity index (χ1n) is 2.09. The van der Waals surface area contributed by atoms with Crippen molar-refractivity contribution < 1.29 is 14.7 Å². The first-order chi connectivity index (χ1) is 3.66. The number of nitrogens with one attached hydrogen (secondary N) is 1. The molecule has 5 heteroatoms. The van der Waals surface area contributed by atoms with Crippen molar-refractivity contribution in [2.24, 2.45) is 0 Å². The highest BCUT2D eigenvalue weighted by Crippen LogP contribution is 1.66. The van der Waals surface area contributed by atoms with E-state index in [9.17, 15) is 9.59 Å². The zero-order valence-corrected chi connectivity index (χ0v) is 5.89. The van der Waals surface area contributed by atoms with E-state index in [1.54, 1.807) is 0 Å². The average molecular weight is 131 g/mol. The first kappa shape index (κ1) is 7.47. The van der Waals surface area contributed by atoms with E-state index in [0.29, 0.717) is 0 Å². The Balaban J connectivity index is 3.40. The van der Waals surface area contributed by atoms with Gasteiger partial charge < -0.3 is 10.4 Å². The summed E-state index contributed by atoms with van der Waals surface area (Å²) in [6, 6.07) is 0. The van der Waals surface area contributed by atoms with Gasteiger partial charge in [0.15, 0.2) is 0 Å². The number of hydrogen-bond acceptors (Lipinski definition) is 2. The van der Waals surface area contributed by atoms with Crippen LogP contribution in [0.1, 0.15) is 0 Å². The number of carboxylic acid groups (broad SMARTS) is 1. The molecule has 0 aromatic heterocycles. The Morgan fingerprint density at radius 1 is 1.62 bits per heavy atom. The summed E-state index contributed by atoms with van der Waals surface area (Å²) in [5.41, 5.74) is 0. The van der Waals surface area contributed by atoms with Crippen molar-refractivity contribution in [1.82, 2.24) is 5.32 Å². The standard InChI is InChI=1S/C2H4NO.CHO2.Al.H/c1-3-2-4;2-1-3;;/h1H3,(H,3,4);(H,2,3);;. The molecule has 0 spiro atoms. The number of carbonyl (C=O) groups excluding carboxylic acids is 1.